The second kappa shape index (κ2) is 15.5. The van der Waals surface area contributed by atoms with Crippen LogP contribution in [0.1, 0.15) is 61.5 Å². The van der Waals surface area contributed by atoms with Gasteiger partial charge in [0, 0.05) is 29.2 Å². The van der Waals surface area contributed by atoms with E-state index in [1.54, 1.807) is 42.2 Å². The van der Waals surface area contributed by atoms with Crippen molar-refractivity contribution in [2.45, 2.75) is 65.0 Å². The third kappa shape index (κ3) is 9.70. The molecule has 2 amide bonds. The average Bonchev–Trinajstić information content (AvgIpc) is 3.31. The van der Waals surface area contributed by atoms with Gasteiger partial charge in [0.1, 0.15) is 17.7 Å². The van der Waals surface area contributed by atoms with Crippen LogP contribution in [0.15, 0.2) is 47.5 Å². The highest BCUT2D eigenvalue weighted by molar-refractivity contribution is 6.34. The van der Waals surface area contributed by atoms with Gasteiger partial charge < -0.3 is 21.7 Å². The summed E-state index contributed by atoms with van der Waals surface area (Å²) in [7, 11) is 0. The fraction of sp³-hybridized carbons (Fsp3) is 0.414. The van der Waals surface area contributed by atoms with Gasteiger partial charge in [-0.1, -0.05) is 35.3 Å². The van der Waals surface area contributed by atoms with E-state index in [-0.39, 0.29) is 29.6 Å². The van der Waals surface area contributed by atoms with Crippen LogP contribution in [0.5, 0.6) is 0 Å². The molecule has 0 saturated heterocycles. The van der Waals surface area contributed by atoms with Gasteiger partial charge in [-0.05, 0) is 88.8 Å². The van der Waals surface area contributed by atoms with Crippen LogP contribution < -0.4 is 16.8 Å². The molecule has 226 valence electrons. The van der Waals surface area contributed by atoms with Gasteiger partial charge in [0.15, 0.2) is 5.96 Å². The molecule has 0 aliphatic rings. The third-order valence-corrected chi connectivity index (χ3v) is 6.98. The number of nitrogens with zero attached hydrogens (tertiary/aromatic N) is 5. The summed E-state index contributed by atoms with van der Waals surface area (Å²) in [6, 6.07) is 10.3. The number of halogens is 3. The number of hydrogen-bond donors (Lipinski definition) is 3. The Balaban J connectivity index is 1.76. The fourth-order valence-corrected chi connectivity index (χ4v) is 4.98. The highest BCUT2D eigenvalue weighted by Gasteiger charge is 2.29. The van der Waals surface area contributed by atoms with Crippen molar-refractivity contribution < 1.29 is 14.0 Å². The van der Waals surface area contributed by atoms with E-state index >= 15 is 0 Å². The second-order valence-electron chi connectivity index (χ2n) is 10.2. The van der Waals surface area contributed by atoms with Crippen LogP contribution in [0.25, 0.3) is 5.69 Å². The van der Waals surface area contributed by atoms with Gasteiger partial charge in [0.05, 0.1) is 5.69 Å². The molecular formula is C29H37Cl2FN8O2. The normalized spacial score (nSPS) is 11.8. The Labute approximate surface area is 255 Å². The minimum Gasteiger partial charge on any atom is -0.370 e. The maximum Gasteiger partial charge on any atom is 0.291 e. The van der Waals surface area contributed by atoms with E-state index in [2.05, 4.69) is 20.4 Å². The molecule has 0 radical (unpaired) electrons. The van der Waals surface area contributed by atoms with Gasteiger partial charge in [0.2, 0.25) is 11.7 Å². The van der Waals surface area contributed by atoms with Crippen LogP contribution in [0, 0.1) is 12.7 Å². The maximum atomic E-state index is 13.8. The van der Waals surface area contributed by atoms with Gasteiger partial charge in [-0.2, -0.15) is 0 Å². The number of nitrogens with two attached hydrogens (primary N) is 2. The molecule has 1 unspecified atom stereocenters. The summed E-state index contributed by atoms with van der Waals surface area (Å²) in [6.07, 6.45) is 2.95. The first-order valence-electron chi connectivity index (χ1n) is 13.8. The lowest BCUT2D eigenvalue weighted by molar-refractivity contribution is -0.135. The number of rotatable bonds is 14. The highest BCUT2D eigenvalue weighted by Crippen LogP contribution is 2.22. The number of hydrogen-bond acceptors (Lipinski definition) is 5. The number of aliphatic imine (C=N–C) groups is 1. The molecule has 1 atom stereocenters. The number of benzene rings is 2. The van der Waals surface area contributed by atoms with Crippen LogP contribution in [0.4, 0.5) is 4.39 Å². The molecule has 0 fully saturated rings. The number of guanidine groups is 1. The van der Waals surface area contributed by atoms with E-state index in [1.165, 1.54) is 16.8 Å². The Morgan fingerprint density at radius 2 is 1.74 bits per heavy atom. The Bertz CT molecular complexity index is 1370. The lowest BCUT2D eigenvalue weighted by Crippen LogP contribution is -2.51. The summed E-state index contributed by atoms with van der Waals surface area (Å²) in [6.45, 7) is 6.44. The molecule has 1 aromatic heterocycles. The van der Waals surface area contributed by atoms with Crippen LogP contribution in [-0.4, -0.2) is 62.6 Å². The largest absolute Gasteiger partial charge is 0.370 e. The van der Waals surface area contributed by atoms with E-state index in [4.69, 9.17) is 34.7 Å². The molecule has 3 aromatic rings. The molecule has 13 heteroatoms. The Hall–Kier alpha value is -3.70. The van der Waals surface area contributed by atoms with Gasteiger partial charge >= 0.3 is 0 Å². The molecule has 3 rings (SSSR count). The van der Waals surface area contributed by atoms with Crippen LogP contribution >= 0.6 is 23.2 Å². The molecular weight excluding hydrogens is 582 g/mol. The number of amides is 2. The van der Waals surface area contributed by atoms with Gasteiger partial charge in [0.25, 0.3) is 5.91 Å². The molecule has 0 bridgehead atoms. The molecule has 0 spiro atoms. The fourth-order valence-electron chi connectivity index (χ4n) is 4.47. The summed E-state index contributed by atoms with van der Waals surface area (Å²) < 4.78 is 14.7. The first kappa shape index (κ1) is 32.8. The zero-order chi connectivity index (χ0) is 30.8. The summed E-state index contributed by atoms with van der Waals surface area (Å²) >= 11 is 12.3. The second-order valence-corrected chi connectivity index (χ2v) is 11.1. The van der Waals surface area contributed by atoms with E-state index in [0.717, 1.165) is 5.56 Å². The van der Waals surface area contributed by atoms with Crippen molar-refractivity contribution in [2.75, 3.05) is 13.1 Å². The predicted octanol–water partition coefficient (Wildman–Crippen LogP) is 4.43. The summed E-state index contributed by atoms with van der Waals surface area (Å²) in [5.74, 6) is -0.722. The molecule has 1 heterocycles. The standard InChI is InChI=1S/C29H37Cl2FN8O2/c1-18(2)39(14-6-7-20-9-11-23(32)12-10-20)28(42)25(8-4-5-13-35-29(33)34)37-27(41)26-36-19(3)40(38-26)24-16-21(30)15-22(31)17-24/h9-12,15-18,25H,4-8,13-14H2,1-3H3,(H,37,41)(H4,33,34,35). The number of aromatic nitrogens is 3. The van der Waals surface area contributed by atoms with Crippen molar-refractivity contribution in [1.82, 2.24) is 25.0 Å². The molecule has 10 nitrogen and oxygen atoms in total. The first-order valence-corrected chi connectivity index (χ1v) is 14.5. The van der Waals surface area contributed by atoms with Crippen LogP contribution in [0.2, 0.25) is 10.0 Å². The monoisotopic (exact) mass is 618 g/mol. The van der Waals surface area contributed by atoms with E-state index in [9.17, 15) is 14.0 Å². The van der Waals surface area contributed by atoms with Crippen molar-refractivity contribution in [3.05, 3.63) is 75.5 Å². The molecule has 42 heavy (non-hydrogen) atoms. The first-order chi connectivity index (χ1) is 19.9. The molecule has 5 N–H and O–H groups in total. The van der Waals surface area contributed by atoms with Crippen LogP contribution in [0.3, 0.4) is 0 Å². The number of unbranched alkanes of at least 4 members (excludes halogenated alkanes) is 1. The SMILES string of the molecule is Cc1nc(C(=O)NC(CCCCN=C(N)N)C(=O)N(CCCc2ccc(F)cc2)C(C)C)nn1-c1cc(Cl)cc(Cl)c1. The molecule has 2 aromatic carbocycles. The minimum absolute atomic E-state index is 0.00101. The average molecular weight is 620 g/mol. The van der Waals surface area contributed by atoms with Crippen molar-refractivity contribution in [2.24, 2.45) is 16.5 Å². The number of aryl methyl sites for hydroxylation is 2. The Kier molecular flexibility index (Phi) is 12.1. The van der Waals surface area contributed by atoms with Crippen molar-refractivity contribution in [1.29, 1.82) is 0 Å². The number of carbonyl (C=O) groups is 2. The lowest BCUT2D eigenvalue weighted by Gasteiger charge is -2.31. The highest BCUT2D eigenvalue weighted by atomic mass is 35.5. The number of nitrogens with one attached hydrogen (secondary N) is 1. The molecule has 0 saturated carbocycles. The van der Waals surface area contributed by atoms with Crippen molar-refractivity contribution in [3.63, 3.8) is 0 Å². The maximum absolute atomic E-state index is 13.8. The molecule has 0 aliphatic heterocycles. The Morgan fingerprint density at radius 1 is 1.07 bits per heavy atom. The molecule has 0 aliphatic carbocycles. The van der Waals surface area contributed by atoms with E-state index in [0.29, 0.717) is 66.8 Å². The summed E-state index contributed by atoms with van der Waals surface area (Å²) in [5, 5.41) is 8.03. The van der Waals surface area contributed by atoms with Gasteiger partial charge in [-0.15, -0.1) is 5.10 Å². The summed E-state index contributed by atoms with van der Waals surface area (Å²) in [5.41, 5.74) is 12.4. The quantitative estimate of drug-likeness (QED) is 0.138. The number of carbonyl (C=O) groups excluding carboxylic acids is 2. The lowest BCUT2D eigenvalue weighted by atomic mass is 10.1. The van der Waals surface area contributed by atoms with E-state index in [1.807, 2.05) is 13.8 Å². The minimum atomic E-state index is -0.821. The smallest absolute Gasteiger partial charge is 0.291 e. The van der Waals surface area contributed by atoms with Crippen LogP contribution in [-0.2, 0) is 11.2 Å². The Morgan fingerprint density at radius 3 is 2.36 bits per heavy atom. The zero-order valence-electron chi connectivity index (χ0n) is 24.0. The van der Waals surface area contributed by atoms with E-state index < -0.39 is 11.9 Å². The topological polar surface area (TPSA) is 145 Å². The van der Waals surface area contributed by atoms with Gasteiger partial charge in [-0.25, -0.2) is 14.1 Å². The summed E-state index contributed by atoms with van der Waals surface area (Å²) in [4.78, 5) is 37.2. The predicted molar refractivity (Wildman–Crippen MR) is 163 cm³/mol. The van der Waals surface area contributed by atoms with Crippen molar-refractivity contribution in [3.8, 4) is 5.69 Å². The zero-order valence-corrected chi connectivity index (χ0v) is 25.5. The van der Waals surface area contributed by atoms with Gasteiger partial charge in [-0.3, -0.25) is 14.6 Å². The third-order valence-electron chi connectivity index (χ3n) is 6.55. The van der Waals surface area contributed by atoms with Crippen molar-refractivity contribution >= 4 is 41.0 Å².